The molecule has 0 spiro atoms. The van der Waals surface area contributed by atoms with E-state index in [-0.39, 0.29) is 5.16 Å². The highest BCUT2D eigenvalue weighted by atomic mass is 32.2. The van der Waals surface area contributed by atoms with Crippen LogP contribution < -0.4 is 5.14 Å². The molecule has 7 nitrogen and oxygen atoms in total. The van der Waals surface area contributed by atoms with E-state index in [9.17, 15) is 8.42 Å². The van der Waals surface area contributed by atoms with Crippen molar-refractivity contribution >= 4 is 10.0 Å². The zero-order valence-electron chi connectivity index (χ0n) is 7.35. The van der Waals surface area contributed by atoms with Crippen LogP contribution in [0.15, 0.2) is 5.16 Å². The second-order valence-electron chi connectivity index (χ2n) is 2.85. The number of hydrogen-bond acceptors (Lipinski definition) is 5. The number of sulfonamides is 1. The Hall–Kier alpha value is -0.990. The van der Waals surface area contributed by atoms with Crippen molar-refractivity contribution in [1.82, 2.24) is 20.1 Å². The molecule has 1 heterocycles. The van der Waals surface area contributed by atoms with Gasteiger partial charge in [-0.05, 0) is 14.1 Å². The van der Waals surface area contributed by atoms with Crippen LogP contribution in [0.1, 0.15) is 5.82 Å². The molecule has 0 aromatic carbocycles. The van der Waals surface area contributed by atoms with E-state index >= 15 is 0 Å². The van der Waals surface area contributed by atoms with Gasteiger partial charge in [-0.1, -0.05) is 0 Å². The van der Waals surface area contributed by atoms with Crippen LogP contribution in [0.3, 0.4) is 0 Å². The summed E-state index contributed by atoms with van der Waals surface area (Å²) in [6, 6.07) is 0. The lowest BCUT2D eigenvalue weighted by Gasteiger charge is -2.04. The molecule has 74 valence electrons. The summed E-state index contributed by atoms with van der Waals surface area (Å²) in [5.41, 5.74) is 0. The number of aromatic nitrogens is 3. The third-order valence-corrected chi connectivity index (χ3v) is 1.92. The molecule has 0 unspecified atom stereocenters. The molecular weight excluding hydrogens is 194 g/mol. The smallest absolute Gasteiger partial charge is 0.282 e. The zero-order chi connectivity index (χ0) is 10.1. The summed E-state index contributed by atoms with van der Waals surface area (Å²) in [6.45, 7) is 0.489. The van der Waals surface area contributed by atoms with Gasteiger partial charge in [0.2, 0.25) is 0 Å². The fourth-order valence-electron chi connectivity index (χ4n) is 0.775. The largest absolute Gasteiger partial charge is 0.302 e. The quantitative estimate of drug-likeness (QED) is 0.625. The average Bonchev–Trinajstić information content (AvgIpc) is 2.32. The average molecular weight is 205 g/mol. The van der Waals surface area contributed by atoms with Crippen molar-refractivity contribution in [2.75, 3.05) is 14.1 Å². The zero-order valence-corrected chi connectivity index (χ0v) is 8.17. The van der Waals surface area contributed by atoms with Crippen molar-refractivity contribution in [2.45, 2.75) is 11.7 Å². The van der Waals surface area contributed by atoms with E-state index in [4.69, 9.17) is 5.14 Å². The first kappa shape index (κ1) is 10.1. The van der Waals surface area contributed by atoms with E-state index in [0.717, 1.165) is 0 Å². The molecule has 1 aromatic heterocycles. The first-order valence-electron chi connectivity index (χ1n) is 3.48. The molecule has 0 aliphatic carbocycles. The van der Waals surface area contributed by atoms with Gasteiger partial charge in [-0.15, -0.1) is 5.10 Å². The standard InChI is InChI=1S/C5H11N5O2S/c1-10(2)3-4-7-5(9-8-4)13(6,11)12/h3H2,1-2H3,(H2,6,11,12)(H,7,8,9). The predicted molar refractivity (Wildman–Crippen MR) is 45.1 cm³/mol. The predicted octanol–water partition coefficient (Wildman–Crippen LogP) is -1.49. The topological polar surface area (TPSA) is 105 Å². The molecule has 0 aliphatic rings. The Morgan fingerprint density at radius 1 is 1.54 bits per heavy atom. The molecule has 8 heteroatoms. The van der Waals surface area contributed by atoms with Gasteiger partial charge in [0.05, 0.1) is 6.54 Å². The molecule has 3 N–H and O–H groups in total. The first-order chi connectivity index (χ1) is 5.89. The number of nitrogens with one attached hydrogen (secondary N) is 1. The molecule has 0 amide bonds. The fraction of sp³-hybridized carbons (Fsp3) is 0.600. The van der Waals surface area contributed by atoms with E-state index in [1.165, 1.54) is 0 Å². The monoisotopic (exact) mass is 205 g/mol. The van der Waals surface area contributed by atoms with Gasteiger partial charge in [-0.2, -0.15) is 4.98 Å². The van der Waals surface area contributed by atoms with E-state index in [1.54, 1.807) is 0 Å². The number of primary sulfonamides is 1. The van der Waals surface area contributed by atoms with Crippen LogP contribution in [0.4, 0.5) is 0 Å². The van der Waals surface area contributed by atoms with Crippen molar-refractivity contribution in [3.63, 3.8) is 0 Å². The molecular formula is C5H11N5O2S. The molecule has 1 aromatic rings. The van der Waals surface area contributed by atoms with Crippen LogP contribution in [0.2, 0.25) is 0 Å². The maximum absolute atomic E-state index is 10.8. The minimum absolute atomic E-state index is 0.371. The summed E-state index contributed by atoms with van der Waals surface area (Å²) in [4.78, 5) is 5.53. The summed E-state index contributed by atoms with van der Waals surface area (Å²) < 4.78 is 21.5. The van der Waals surface area contributed by atoms with Gasteiger partial charge in [0.25, 0.3) is 15.2 Å². The first-order valence-corrected chi connectivity index (χ1v) is 5.03. The van der Waals surface area contributed by atoms with E-state index in [0.29, 0.717) is 12.4 Å². The van der Waals surface area contributed by atoms with Gasteiger partial charge in [-0.25, -0.2) is 13.6 Å². The van der Waals surface area contributed by atoms with E-state index in [2.05, 4.69) is 15.2 Å². The summed E-state index contributed by atoms with van der Waals surface area (Å²) in [5, 5.41) is 10.4. The highest BCUT2D eigenvalue weighted by Crippen LogP contribution is 1.99. The SMILES string of the molecule is CN(C)Cc1nc(S(N)(=O)=O)n[nH]1. The molecule has 0 fully saturated rings. The van der Waals surface area contributed by atoms with Crippen molar-refractivity contribution in [3.05, 3.63) is 5.82 Å². The molecule has 0 aliphatic heterocycles. The van der Waals surface area contributed by atoms with Crippen LogP contribution in [0.25, 0.3) is 0 Å². The molecule has 0 saturated carbocycles. The van der Waals surface area contributed by atoms with Gasteiger partial charge < -0.3 is 4.90 Å². The van der Waals surface area contributed by atoms with Gasteiger partial charge >= 0.3 is 0 Å². The van der Waals surface area contributed by atoms with Crippen LogP contribution in [0, 0.1) is 0 Å². The Balaban J connectivity index is 2.88. The van der Waals surface area contributed by atoms with Gasteiger partial charge in [0.1, 0.15) is 5.82 Å². The Morgan fingerprint density at radius 3 is 2.54 bits per heavy atom. The van der Waals surface area contributed by atoms with Crippen molar-refractivity contribution in [3.8, 4) is 0 Å². The maximum Gasteiger partial charge on any atom is 0.282 e. The van der Waals surface area contributed by atoms with Crippen molar-refractivity contribution < 1.29 is 8.42 Å². The Morgan fingerprint density at radius 2 is 2.15 bits per heavy atom. The highest BCUT2D eigenvalue weighted by molar-refractivity contribution is 7.89. The lowest BCUT2D eigenvalue weighted by atomic mass is 10.6. The van der Waals surface area contributed by atoms with Gasteiger partial charge in [0.15, 0.2) is 0 Å². The number of nitrogens with zero attached hydrogens (tertiary/aromatic N) is 3. The summed E-state index contributed by atoms with van der Waals surface area (Å²) >= 11 is 0. The minimum atomic E-state index is -3.79. The lowest BCUT2D eigenvalue weighted by Crippen LogP contribution is -2.15. The maximum atomic E-state index is 10.8. The summed E-state index contributed by atoms with van der Waals surface area (Å²) in [6.07, 6.45) is 0. The molecule has 0 radical (unpaired) electrons. The molecule has 13 heavy (non-hydrogen) atoms. The third-order valence-electron chi connectivity index (χ3n) is 1.23. The van der Waals surface area contributed by atoms with Crippen LogP contribution in [0.5, 0.6) is 0 Å². The Labute approximate surface area is 76.0 Å². The molecule has 0 saturated heterocycles. The number of H-pyrrole nitrogens is 1. The number of aromatic amines is 1. The van der Waals surface area contributed by atoms with Crippen LogP contribution >= 0.6 is 0 Å². The molecule has 0 atom stereocenters. The lowest BCUT2D eigenvalue weighted by molar-refractivity contribution is 0.390. The van der Waals surface area contributed by atoms with Crippen LogP contribution in [-0.4, -0.2) is 42.6 Å². The van der Waals surface area contributed by atoms with Gasteiger partial charge in [0, 0.05) is 0 Å². The summed E-state index contributed by atoms with van der Waals surface area (Å²) in [7, 11) is -0.125. The third kappa shape index (κ3) is 2.76. The second-order valence-corrected chi connectivity index (χ2v) is 4.30. The highest BCUT2D eigenvalue weighted by Gasteiger charge is 2.14. The molecule has 1 rings (SSSR count). The van der Waals surface area contributed by atoms with E-state index in [1.807, 2.05) is 19.0 Å². The minimum Gasteiger partial charge on any atom is -0.302 e. The Bertz CT molecular complexity index is 381. The van der Waals surface area contributed by atoms with Crippen molar-refractivity contribution in [2.24, 2.45) is 5.14 Å². The summed E-state index contributed by atoms with van der Waals surface area (Å²) in [5.74, 6) is 0.467. The molecule has 0 bridgehead atoms. The van der Waals surface area contributed by atoms with Gasteiger partial charge in [-0.3, -0.25) is 5.10 Å². The number of hydrogen-bond donors (Lipinski definition) is 2. The number of rotatable bonds is 3. The number of nitrogens with two attached hydrogens (primary N) is 1. The van der Waals surface area contributed by atoms with Crippen molar-refractivity contribution in [1.29, 1.82) is 0 Å². The Kier molecular flexibility index (Phi) is 2.64. The van der Waals surface area contributed by atoms with Crippen LogP contribution in [-0.2, 0) is 16.6 Å². The normalized spacial score (nSPS) is 12.3. The van der Waals surface area contributed by atoms with E-state index < -0.39 is 10.0 Å². The fourth-order valence-corrected chi connectivity index (χ4v) is 1.19. The second kappa shape index (κ2) is 3.40.